The Hall–Kier alpha value is 0.0700. The van der Waals surface area contributed by atoms with Crippen LogP contribution >= 0.6 is 43.2 Å². The van der Waals surface area contributed by atoms with Gasteiger partial charge in [0.2, 0.25) is 0 Å². The molecular formula is C8H5Br2NS. The van der Waals surface area contributed by atoms with E-state index in [1.165, 1.54) is 14.7 Å². The van der Waals surface area contributed by atoms with E-state index >= 15 is 0 Å². The van der Waals surface area contributed by atoms with Gasteiger partial charge in [-0.25, -0.2) is 4.98 Å². The summed E-state index contributed by atoms with van der Waals surface area (Å²) in [6, 6.07) is 4.03. The number of halogens is 2. The van der Waals surface area contributed by atoms with E-state index in [-0.39, 0.29) is 0 Å². The third-order valence-electron chi connectivity index (χ3n) is 1.59. The van der Waals surface area contributed by atoms with Crippen LogP contribution in [0.15, 0.2) is 22.8 Å². The van der Waals surface area contributed by atoms with E-state index < -0.39 is 0 Å². The maximum absolute atomic E-state index is 4.28. The number of hydrogen-bond donors (Lipinski definition) is 0. The minimum absolute atomic E-state index is 0.884. The van der Waals surface area contributed by atoms with Crippen LogP contribution in [-0.4, -0.2) is 4.98 Å². The van der Waals surface area contributed by atoms with Crippen molar-refractivity contribution < 1.29 is 0 Å². The molecule has 0 bridgehead atoms. The number of aromatic nitrogens is 1. The van der Waals surface area contributed by atoms with Crippen molar-refractivity contribution in [1.29, 1.82) is 0 Å². The fourth-order valence-corrected chi connectivity index (χ4v) is 3.75. The summed E-state index contributed by atoms with van der Waals surface area (Å²) < 4.78 is 1.17. The molecule has 0 saturated carbocycles. The van der Waals surface area contributed by atoms with Crippen molar-refractivity contribution in [1.82, 2.24) is 4.98 Å². The second-order valence-corrected chi connectivity index (χ2v) is 4.77. The Morgan fingerprint density at radius 1 is 1.50 bits per heavy atom. The van der Waals surface area contributed by atoms with Gasteiger partial charge in [-0.2, -0.15) is 0 Å². The van der Waals surface area contributed by atoms with Crippen LogP contribution in [0.1, 0.15) is 4.88 Å². The van der Waals surface area contributed by atoms with E-state index in [0.717, 1.165) is 10.2 Å². The molecular weight excluding hydrogens is 302 g/mol. The van der Waals surface area contributed by atoms with Gasteiger partial charge in [-0.3, -0.25) is 0 Å². The predicted molar refractivity (Wildman–Crippen MR) is 60.0 cm³/mol. The Morgan fingerprint density at radius 2 is 2.33 bits per heavy atom. The molecule has 2 rings (SSSR count). The first-order valence-electron chi connectivity index (χ1n) is 3.41. The molecule has 0 unspecified atom stereocenters. The van der Waals surface area contributed by atoms with E-state index in [0.29, 0.717) is 0 Å². The van der Waals surface area contributed by atoms with Crippen molar-refractivity contribution in [2.75, 3.05) is 0 Å². The standard InChI is InChI=1S/C8H5Br2NS/c9-4-6-7(10)5-2-1-3-11-8(5)12-6/h1-3H,4H2. The second kappa shape index (κ2) is 3.44. The first-order chi connectivity index (χ1) is 5.83. The molecule has 0 aromatic carbocycles. The zero-order chi connectivity index (χ0) is 8.55. The first kappa shape index (κ1) is 8.66. The lowest BCUT2D eigenvalue weighted by Gasteiger charge is -1.88. The minimum atomic E-state index is 0.884. The van der Waals surface area contributed by atoms with E-state index in [1.54, 1.807) is 11.3 Å². The SMILES string of the molecule is BrCc1sc2ncccc2c1Br. The van der Waals surface area contributed by atoms with Crippen LogP contribution in [-0.2, 0) is 5.33 Å². The third-order valence-corrected chi connectivity index (χ3v) is 4.81. The van der Waals surface area contributed by atoms with Crippen molar-refractivity contribution in [3.63, 3.8) is 0 Å². The highest BCUT2D eigenvalue weighted by atomic mass is 79.9. The van der Waals surface area contributed by atoms with Crippen molar-refractivity contribution in [3.8, 4) is 0 Å². The fourth-order valence-electron chi connectivity index (χ4n) is 1.04. The molecule has 0 spiro atoms. The molecule has 0 N–H and O–H groups in total. The summed E-state index contributed by atoms with van der Waals surface area (Å²) in [4.78, 5) is 6.67. The topological polar surface area (TPSA) is 12.9 Å². The number of alkyl halides is 1. The molecule has 0 amide bonds. The molecule has 2 aromatic heterocycles. The Morgan fingerprint density at radius 3 is 3.00 bits per heavy atom. The largest absolute Gasteiger partial charge is 0.245 e. The van der Waals surface area contributed by atoms with Crippen LogP contribution in [0.25, 0.3) is 10.2 Å². The van der Waals surface area contributed by atoms with Gasteiger partial charge in [0.05, 0.1) is 0 Å². The maximum Gasteiger partial charge on any atom is 0.124 e. The summed E-state index contributed by atoms with van der Waals surface area (Å²) in [7, 11) is 0. The lowest BCUT2D eigenvalue weighted by atomic mass is 10.3. The van der Waals surface area contributed by atoms with Crippen LogP contribution in [0.2, 0.25) is 0 Å². The summed E-state index contributed by atoms with van der Waals surface area (Å²) in [5, 5.41) is 2.09. The van der Waals surface area contributed by atoms with Gasteiger partial charge in [-0.15, -0.1) is 11.3 Å². The van der Waals surface area contributed by atoms with Gasteiger partial charge in [0.15, 0.2) is 0 Å². The number of rotatable bonds is 1. The smallest absolute Gasteiger partial charge is 0.124 e. The average molecular weight is 307 g/mol. The summed E-state index contributed by atoms with van der Waals surface area (Å²) in [5.41, 5.74) is 0. The van der Waals surface area contributed by atoms with Gasteiger partial charge < -0.3 is 0 Å². The number of pyridine rings is 1. The van der Waals surface area contributed by atoms with Crippen molar-refractivity contribution in [2.24, 2.45) is 0 Å². The predicted octanol–water partition coefficient (Wildman–Crippen LogP) is 3.95. The van der Waals surface area contributed by atoms with E-state index in [9.17, 15) is 0 Å². The number of fused-ring (bicyclic) bond motifs is 1. The molecule has 0 radical (unpaired) electrons. The first-order valence-corrected chi connectivity index (χ1v) is 6.14. The van der Waals surface area contributed by atoms with E-state index in [2.05, 4.69) is 42.9 Å². The average Bonchev–Trinajstić information content (AvgIpc) is 2.44. The summed E-state index contributed by atoms with van der Waals surface area (Å²) in [6.07, 6.45) is 1.82. The lowest BCUT2D eigenvalue weighted by molar-refractivity contribution is 1.44. The molecule has 2 aromatic rings. The van der Waals surface area contributed by atoms with Gasteiger partial charge in [0, 0.05) is 26.3 Å². The minimum Gasteiger partial charge on any atom is -0.245 e. The van der Waals surface area contributed by atoms with Crippen molar-refractivity contribution >= 4 is 53.4 Å². The highest BCUT2D eigenvalue weighted by molar-refractivity contribution is 9.11. The summed E-state index contributed by atoms with van der Waals surface area (Å²) in [6.45, 7) is 0. The van der Waals surface area contributed by atoms with Gasteiger partial charge in [0.25, 0.3) is 0 Å². The molecule has 0 atom stereocenters. The monoisotopic (exact) mass is 305 g/mol. The molecule has 2 heterocycles. The Bertz CT molecular complexity index is 410. The van der Waals surface area contributed by atoms with E-state index in [1.807, 2.05) is 12.3 Å². The van der Waals surface area contributed by atoms with Gasteiger partial charge in [-0.05, 0) is 28.1 Å². The molecule has 4 heteroatoms. The Labute approximate surface area is 91.1 Å². The lowest BCUT2D eigenvalue weighted by Crippen LogP contribution is -1.69. The maximum atomic E-state index is 4.28. The van der Waals surface area contributed by atoms with Gasteiger partial charge in [-0.1, -0.05) is 15.9 Å². The van der Waals surface area contributed by atoms with Crippen LogP contribution < -0.4 is 0 Å². The van der Waals surface area contributed by atoms with Crippen molar-refractivity contribution in [2.45, 2.75) is 5.33 Å². The van der Waals surface area contributed by atoms with E-state index in [4.69, 9.17) is 0 Å². The zero-order valence-electron chi connectivity index (χ0n) is 6.05. The molecule has 0 fully saturated rings. The van der Waals surface area contributed by atoms with Gasteiger partial charge >= 0.3 is 0 Å². The number of thiophene rings is 1. The van der Waals surface area contributed by atoms with Gasteiger partial charge in [0.1, 0.15) is 4.83 Å². The van der Waals surface area contributed by atoms with Crippen LogP contribution in [0, 0.1) is 0 Å². The highest BCUT2D eigenvalue weighted by Gasteiger charge is 2.07. The Kier molecular flexibility index (Phi) is 2.48. The zero-order valence-corrected chi connectivity index (χ0v) is 10.0. The highest BCUT2D eigenvalue weighted by Crippen LogP contribution is 2.35. The molecule has 0 aliphatic heterocycles. The Balaban J connectivity index is 2.78. The molecule has 1 nitrogen and oxygen atoms in total. The third kappa shape index (κ3) is 1.32. The quantitative estimate of drug-likeness (QED) is 0.727. The molecule has 0 aliphatic rings. The number of hydrogen-bond acceptors (Lipinski definition) is 2. The van der Waals surface area contributed by atoms with Crippen molar-refractivity contribution in [3.05, 3.63) is 27.7 Å². The fraction of sp³-hybridized carbons (Fsp3) is 0.125. The molecule has 12 heavy (non-hydrogen) atoms. The molecule has 0 aliphatic carbocycles. The number of nitrogens with zero attached hydrogens (tertiary/aromatic N) is 1. The normalized spacial score (nSPS) is 10.8. The molecule has 0 saturated heterocycles. The molecule has 62 valence electrons. The van der Waals surface area contributed by atoms with Crippen LogP contribution in [0.3, 0.4) is 0 Å². The summed E-state index contributed by atoms with van der Waals surface area (Å²) in [5.74, 6) is 0. The summed E-state index contributed by atoms with van der Waals surface area (Å²) >= 11 is 8.71. The van der Waals surface area contributed by atoms with Crippen LogP contribution in [0.5, 0.6) is 0 Å². The van der Waals surface area contributed by atoms with Crippen LogP contribution in [0.4, 0.5) is 0 Å². The second-order valence-electron chi connectivity index (χ2n) is 2.33.